The van der Waals surface area contributed by atoms with Gasteiger partial charge in [0, 0.05) is 0 Å². The summed E-state index contributed by atoms with van der Waals surface area (Å²) in [7, 11) is 0. The topological polar surface area (TPSA) is 31.5 Å². The van der Waals surface area contributed by atoms with Gasteiger partial charge in [-0.3, -0.25) is 0 Å². The SMILES string of the molecule is CC.CCCCC(C)CCC.O. The molecule has 0 aromatic carbocycles. The molecule has 0 rings (SSSR count). The van der Waals surface area contributed by atoms with E-state index in [1.165, 1.54) is 32.1 Å². The summed E-state index contributed by atoms with van der Waals surface area (Å²) < 4.78 is 0. The molecule has 0 fully saturated rings. The first-order valence-electron chi connectivity index (χ1n) is 5.31. The van der Waals surface area contributed by atoms with E-state index in [-0.39, 0.29) is 5.48 Å². The van der Waals surface area contributed by atoms with Crippen LogP contribution in [0.3, 0.4) is 0 Å². The summed E-state index contributed by atoms with van der Waals surface area (Å²) in [6.45, 7) is 10.9. The highest BCUT2D eigenvalue weighted by Gasteiger charge is 1.97. The molecule has 0 bridgehead atoms. The Morgan fingerprint density at radius 1 is 0.917 bits per heavy atom. The number of rotatable bonds is 5. The predicted molar refractivity (Wildman–Crippen MR) is 58.6 cm³/mol. The first kappa shape index (κ1) is 17.9. The van der Waals surface area contributed by atoms with Gasteiger partial charge < -0.3 is 5.48 Å². The Hall–Kier alpha value is -0.0400. The first-order chi connectivity index (χ1) is 5.31. The summed E-state index contributed by atoms with van der Waals surface area (Å²) >= 11 is 0. The van der Waals surface area contributed by atoms with E-state index in [4.69, 9.17) is 0 Å². The summed E-state index contributed by atoms with van der Waals surface area (Å²) in [6.07, 6.45) is 6.98. The zero-order chi connectivity index (χ0) is 9.11. The van der Waals surface area contributed by atoms with Crippen LogP contribution in [0.25, 0.3) is 0 Å². The van der Waals surface area contributed by atoms with Crippen molar-refractivity contribution in [2.75, 3.05) is 0 Å². The Balaban J connectivity index is -0.000000249. The second kappa shape index (κ2) is 17.2. The fourth-order valence-corrected chi connectivity index (χ4v) is 1.19. The maximum Gasteiger partial charge on any atom is -0.0443 e. The number of hydrogen-bond donors (Lipinski definition) is 0. The minimum atomic E-state index is 0. The Morgan fingerprint density at radius 3 is 1.75 bits per heavy atom. The second-order valence-corrected chi connectivity index (χ2v) is 3.04. The van der Waals surface area contributed by atoms with Crippen LogP contribution in [0.4, 0.5) is 0 Å². The molecule has 0 spiro atoms. The molecule has 0 saturated heterocycles. The molecule has 78 valence electrons. The van der Waals surface area contributed by atoms with Gasteiger partial charge in [0.25, 0.3) is 0 Å². The maximum atomic E-state index is 2.36. The third-order valence-electron chi connectivity index (χ3n) is 1.83. The maximum absolute atomic E-state index is 2.36. The van der Waals surface area contributed by atoms with Gasteiger partial charge in [-0.25, -0.2) is 0 Å². The molecule has 0 heterocycles. The molecule has 0 radical (unpaired) electrons. The van der Waals surface area contributed by atoms with Crippen LogP contribution in [0.15, 0.2) is 0 Å². The predicted octanol–water partition coefficient (Wildman–Crippen LogP) is 3.81. The van der Waals surface area contributed by atoms with Gasteiger partial charge >= 0.3 is 0 Å². The number of hydrogen-bond acceptors (Lipinski definition) is 0. The third kappa shape index (κ3) is 16.5. The van der Waals surface area contributed by atoms with E-state index in [0.29, 0.717) is 0 Å². The van der Waals surface area contributed by atoms with Crippen LogP contribution in [0.2, 0.25) is 0 Å². The van der Waals surface area contributed by atoms with Crippen molar-refractivity contribution in [1.82, 2.24) is 0 Å². The molecule has 2 N–H and O–H groups in total. The lowest BCUT2D eigenvalue weighted by molar-refractivity contribution is 0.466. The fraction of sp³-hybridized carbons (Fsp3) is 1.00. The lowest BCUT2D eigenvalue weighted by atomic mass is 10.00. The van der Waals surface area contributed by atoms with Gasteiger partial charge in [0.1, 0.15) is 0 Å². The molecule has 1 heteroatoms. The highest BCUT2D eigenvalue weighted by Crippen LogP contribution is 2.12. The lowest BCUT2D eigenvalue weighted by Crippen LogP contribution is -1.92. The van der Waals surface area contributed by atoms with Crippen molar-refractivity contribution in [1.29, 1.82) is 0 Å². The molecule has 0 aromatic heterocycles. The third-order valence-corrected chi connectivity index (χ3v) is 1.83. The van der Waals surface area contributed by atoms with E-state index in [9.17, 15) is 0 Å². The first-order valence-corrected chi connectivity index (χ1v) is 5.31. The minimum Gasteiger partial charge on any atom is -0.412 e. The minimum absolute atomic E-state index is 0. The van der Waals surface area contributed by atoms with Crippen molar-refractivity contribution in [2.45, 2.75) is 66.7 Å². The molecular formula is C11H28O. The van der Waals surface area contributed by atoms with Gasteiger partial charge in [0.15, 0.2) is 0 Å². The van der Waals surface area contributed by atoms with Crippen molar-refractivity contribution in [2.24, 2.45) is 5.92 Å². The highest BCUT2D eigenvalue weighted by molar-refractivity contribution is 4.50. The number of unbranched alkanes of at least 4 members (excludes halogenated alkanes) is 1. The van der Waals surface area contributed by atoms with Crippen molar-refractivity contribution in [3.8, 4) is 0 Å². The van der Waals surface area contributed by atoms with Crippen molar-refractivity contribution in [3.63, 3.8) is 0 Å². The zero-order valence-electron chi connectivity index (χ0n) is 9.61. The lowest BCUT2D eigenvalue weighted by Gasteiger charge is -2.07. The molecule has 1 nitrogen and oxygen atoms in total. The molecule has 0 aliphatic rings. The quantitative estimate of drug-likeness (QED) is 0.610. The Bertz CT molecular complexity index is 53.0. The van der Waals surface area contributed by atoms with E-state index in [0.717, 1.165) is 5.92 Å². The van der Waals surface area contributed by atoms with Crippen molar-refractivity contribution < 1.29 is 5.48 Å². The average Bonchev–Trinajstić information content (AvgIpc) is 2.05. The van der Waals surface area contributed by atoms with Crippen LogP contribution in [0.5, 0.6) is 0 Å². The largest absolute Gasteiger partial charge is 0.412 e. The zero-order valence-corrected chi connectivity index (χ0v) is 9.61. The van der Waals surface area contributed by atoms with Crippen LogP contribution in [-0.2, 0) is 0 Å². The Labute approximate surface area is 78.9 Å². The summed E-state index contributed by atoms with van der Waals surface area (Å²) in [6, 6.07) is 0. The molecule has 0 aliphatic carbocycles. The normalized spacial score (nSPS) is 10.8. The van der Waals surface area contributed by atoms with Gasteiger partial charge in [-0.05, 0) is 5.92 Å². The van der Waals surface area contributed by atoms with Gasteiger partial charge in [0.2, 0.25) is 0 Å². The summed E-state index contributed by atoms with van der Waals surface area (Å²) in [5, 5.41) is 0. The molecule has 0 aliphatic heterocycles. The molecule has 0 amide bonds. The van der Waals surface area contributed by atoms with Crippen LogP contribution >= 0.6 is 0 Å². The molecule has 0 aromatic rings. The molecular weight excluding hydrogens is 148 g/mol. The summed E-state index contributed by atoms with van der Waals surface area (Å²) in [5.41, 5.74) is 0. The average molecular weight is 176 g/mol. The van der Waals surface area contributed by atoms with Crippen LogP contribution in [-0.4, -0.2) is 5.48 Å². The Morgan fingerprint density at radius 2 is 1.42 bits per heavy atom. The van der Waals surface area contributed by atoms with Gasteiger partial charge in [-0.2, -0.15) is 0 Å². The van der Waals surface area contributed by atoms with Crippen molar-refractivity contribution >= 4 is 0 Å². The van der Waals surface area contributed by atoms with Crippen molar-refractivity contribution in [3.05, 3.63) is 0 Å². The van der Waals surface area contributed by atoms with Crippen LogP contribution < -0.4 is 0 Å². The van der Waals surface area contributed by atoms with Gasteiger partial charge in [0.05, 0.1) is 0 Å². The smallest absolute Gasteiger partial charge is 0.0443 e. The van der Waals surface area contributed by atoms with E-state index in [1.807, 2.05) is 13.8 Å². The van der Waals surface area contributed by atoms with E-state index in [2.05, 4.69) is 20.8 Å². The summed E-state index contributed by atoms with van der Waals surface area (Å²) in [4.78, 5) is 0. The molecule has 0 saturated carbocycles. The monoisotopic (exact) mass is 176 g/mol. The molecule has 1 atom stereocenters. The Kier molecular flexibility index (Phi) is 25.6. The summed E-state index contributed by atoms with van der Waals surface area (Å²) in [5.74, 6) is 0.968. The van der Waals surface area contributed by atoms with Crippen LogP contribution in [0.1, 0.15) is 66.7 Å². The van der Waals surface area contributed by atoms with E-state index >= 15 is 0 Å². The second-order valence-electron chi connectivity index (χ2n) is 3.04. The van der Waals surface area contributed by atoms with E-state index in [1.54, 1.807) is 0 Å². The van der Waals surface area contributed by atoms with E-state index < -0.39 is 0 Å². The van der Waals surface area contributed by atoms with Gasteiger partial charge in [-0.15, -0.1) is 0 Å². The van der Waals surface area contributed by atoms with Crippen LogP contribution in [0, 0.1) is 5.92 Å². The van der Waals surface area contributed by atoms with Gasteiger partial charge in [-0.1, -0.05) is 66.7 Å². The highest BCUT2D eigenvalue weighted by atomic mass is 16.0. The molecule has 12 heavy (non-hydrogen) atoms. The fourth-order valence-electron chi connectivity index (χ4n) is 1.19. The molecule has 1 unspecified atom stereocenters. The standard InChI is InChI=1S/C9H20.C2H6.H2O/c1-4-6-8-9(3)7-5-2;1-2;/h9H,4-8H2,1-3H3;1-2H3;1H2.